The van der Waals surface area contributed by atoms with Crippen molar-refractivity contribution in [1.82, 2.24) is 20.4 Å². The lowest BCUT2D eigenvalue weighted by molar-refractivity contribution is 0.156. The van der Waals surface area contributed by atoms with Gasteiger partial charge in [0.1, 0.15) is 16.3 Å². The lowest BCUT2D eigenvalue weighted by Crippen LogP contribution is -2.23. The minimum Gasteiger partial charge on any atom is -0.386 e. The van der Waals surface area contributed by atoms with Gasteiger partial charge in [0.05, 0.1) is 9.35 Å². The van der Waals surface area contributed by atoms with Gasteiger partial charge >= 0.3 is 0 Å². The molecule has 7 nitrogen and oxygen atoms in total. The number of aliphatic hydroxyl groups is 1. The van der Waals surface area contributed by atoms with Crippen molar-refractivity contribution in [3.63, 3.8) is 0 Å². The predicted octanol–water partition coefficient (Wildman–Crippen LogP) is 2.24. The Balaban J connectivity index is 1.94. The lowest BCUT2D eigenvalue weighted by Gasteiger charge is -2.12. The third kappa shape index (κ3) is 3.32. The van der Waals surface area contributed by atoms with Gasteiger partial charge in [-0.3, -0.25) is 4.98 Å². The number of halogens is 1. The lowest BCUT2D eigenvalue weighted by atomic mass is 10.1. The Hall–Kier alpha value is -1.68. The fraction of sp³-hybridized carbons (Fsp3) is 0.286. The maximum atomic E-state index is 10.2. The number of pyridine rings is 1. The van der Waals surface area contributed by atoms with Crippen LogP contribution in [0.4, 0.5) is 5.82 Å². The molecule has 1 unspecified atom stereocenters. The monoisotopic (exact) mass is 394 g/mol. The molecule has 3 rings (SSSR count). The van der Waals surface area contributed by atoms with E-state index in [0.29, 0.717) is 22.4 Å². The van der Waals surface area contributed by atoms with E-state index in [1.54, 1.807) is 19.3 Å². The Morgan fingerprint density at radius 2 is 2.09 bits per heavy atom. The first-order valence-electron chi connectivity index (χ1n) is 6.95. The maximum Gasteiger partial charge on any atom is 0.170 e. The van der Waals surface area contributed by atoms with Crippen molar-refractivity contribution in [2.45, 2.75) is 25.6 Å². The van der Waals surface area contributed by atoms with E-state index in [4.69, 9.17) is 5.73 Å². The SMILES string of the molecule is C[C@H](N)C(O)c1sc2c(NCc3ccncc3)nnnc2c1Br. The molecule has 0 aliphatic heterocycles. The van der Waals surface area contributed by atoms with Crippen LogP contribution in [0.3, 0.4) is 0 Å². The van der Waals surface area contributed by atoms with Crippen LogP contribution in [0.2, 0.25) is 0 Å². The zero-order valence-corrected chi connectivity index (χ0v) is 14.7. The summed E-state index contributed by atoms with van der Waals surface area (Å²) >= 11 is 4.88. The molecule has 2 atom stereocenters. The first-order valence-corrected chi connectivity index (χ1v) is 8.56. The van der Waals surface area contributed by atoms with Crippen molar-refractivity contribution in [3.05, 3.63) is 39.4 Å². The molecular weight excluding hydrogens is 380 g/mol. The molecule has 0 aromatic carbocycles. The summed E-state index contributed by atoms with van der Waals surface area (Å²) in [5.41, 5.74) is 7.54. The van der Waals surface area contributed by atoms with Crippen LogP contribution in [0.1, 0.15) is 23.5 Å². The predicted molar refractivity (Wildman–Crippen MR) is 93.1 cm³/mol. The highest BCUT2D eigenvalue weighted by atomic mass is 79.9. The third-order valence-corrected chi connectivity index (χ3v) is 5.65. The summed E-state index contributed by atoms with van der Waals surface area (Å²) in [6.45, 7) is 2.35. The van der Waals surface area contributed by atoms with E-state index in [2.05, 4.69) is 41.6 Å². The van der Waals surface area contributed by atoms with Crippen LogP contribution >= 0.6 is 27.3 Å². The molecule has 4 N–H and O–H groups in total. The summed E-state index contributed by atoms with van der Waals surface area (Å²) in [5, 5.41) is 25.4. The number of thiophene rings is 1. The van der Waals surface area contributed by atoms with Gasteiger partial charge in [-0.15, -0.1) is 21.5 Å². The van der Waals surface area contributed by atoms with Gasteiger partial charge in [-0.1, -0.05) is 0 Å². The number of hydrogen-bond donors (Lipinski definition) is 3. The van der Waals surface area contributed by atoms with Gasteiger partial charge in [-0.2, -0.15) is 0 Å². The standard InChI is InChI=1S/C14H15BrN6OS/c1-7(16)11(22)12-9(15)10-13(23-12)14(20-21-19-10)18-6-8-2-4-17-5-3-8/h2-5,7,11,22H,6,16H2,1H3,(H,18,19,20)/t7-,11?/m0/s1. The van der Waals surface area contributed by atoms with E-state index < -0.39 is 6.10 Å². The first kappa shape index (κ1) is 16.2. The van der Waals surface area contributed by atoms with Crippen LogP contribution in [0, 0.1) is 0 Å². The van der Waals surface area contributed by atoms with Crippen LogP contribution in [0.5, 0.6) is 0 Å². The second-order valence-electron chi connectivity index (χ2n) is 5.11. The van der Waals surface area contributed by atoms with E-state index in [0.717, 1.165) is 15.1 Å². The molecule has 9 heteroatoms. The summed E-state index contributed by atoms with van der Waals surface area (Å²) in [6, 6.07) is 3.47. The van der Waals surface area contributed by atoms with Gasteiger partial charge < -0.3 is 16.2 Å². The number of anilines is 1. The Kier molecular flexibility index (Phi) is 4.81. The van der Waals surface area contributed by atoms with Gasteiger partial charge in [-0.05, 0) is 45.8 Å². The van der Waals surface area contributed by atoms with Gasteiger partial charge in [-0.25, -0.2) is 0 Å². The van der Waals surface area contributed by atoms with E-state index in [1.165, 1.54) is 11.3 Å². The zero-order valence-electron chi connectivity index (χ0n) is 12.3. The average Bonchev–Trinajstić information content (AvgIpc) is 2.91. The smallest absolute Gasteiger partial charge is 0.170 e. The van der Waals surface area contributed by atoms with E-state index in [-0.39, 0.29) is 6.04 Å². The zero-order chi connectivity index (χ0) is 16.4. The molecule has 23 heavy (non-hydrogen) atoms. The van der Waals surface area contributed by atoms with Crippen molar-refractivity contribution in [1.29, 1.82) is 0 Å². The molecule has 0 fully saturated rings. The highest BCUT2D eigenvalue weighted by molar-refractivity contribution is 9.10. The van der Waals surface area contributed by atoms with Crippen molar-refractivity contribution in [3.8, 4) is 0 Å². The first-order chi connectivity index (χ1) is 11.1. The number of aliphatic hydroxyl groups excluding tert-OH is 1. The number of aromatic nitrogens is 4. The maximum absolute atomic E-state index is 10.2. The average molecular weight is 395 g/mol. The molecule has 3 aromatic rings. The number of nitrogens with two attached hydrogens (primary N) is 1. The van der Waals surface area contributed by atoms with Crippen molar-refractivity contribution < 1.29 is 5.11 Å². The van der Waals surface area contributed by atoms with Crippen LogP contribution in [-0.2, 0) is 6.54 Å². The summed E-state index contributed by atoms with van der Waals surface area (Å²) in [7, 11) is 0. The summed E-state index contributed by atoms with van der Waals surface area (Å²) in [5.74, 6) is 0.626. The molecule has 0 amide bonds. The topological polar surface area (TPSA) is 110 Å². The number of nitrogens with one attached hydrogen (secondary N) is 1. The number of hydrogen-bond acceptors (Lipinski definition) is 8. The Morgan fingerprint density at radius 1 is 1.35 bits per heavy atom. The highest BCUT2D eigenvalue weighted by Gasteiger charge is 2.23. The minimum absolute atomic E-state index is 0.381. The summed E-state index contributed by atoms with van der Waals surface area (Å²) in [4.78, 5) is 4.72. The number of nitrogens with zero attached hydrogens (tertiary/aromatic N) is 4. The molecule has 0 radical (unpaired) electrons. The Labute approximate surface area is 145 Å². The number of rotatable bonds is 5. The van der Waals surface area contributed by atoms with Crippen molar-refractivity contribution in [2.24, 2.45) is 5.73 Å². The second kappa shape index (κ2) is 6.83. The molecule has 0 bridgehead atoms. The Bertz CT molecular complexity index is 810. The van der Waals surface area contributed by atoms with E-state index in [1.807, 2.05) is 12.1 Å². The molecule has 0 saturated carbocycles. The quantitative estimate of drug-likeness (QED) is 0.608. The molecular formula is C14H15BrN6OS. The van der Waals surface area contributed by atoms with Crippen LogP contribution in [0.15, 0.2) is 29.0 Å². The molecule has 0 aliphatic carbocycles. The Morgan fingerprint density at radius 3 is 2.78 bits per heavy atom. The fourth-order valence-electron chi connectivity index (χ4n) is 2.06. The number of fused-ring (bicyclic) bond motifs is 1. The summed E-state index contributed by atoms with van der Waals surface area (Å²) < 4.78 is 1.54. The largest absolute Gasteiger partial charge is 0.386 e. The highest BCUT2D eigenvalue weighted by Crippen LogP contribution is 2.40. The molecule has 0 aliphatic rings. The van der Waals surface area contributed by atoms with Gasteiger partial charge in [0.15, 0.2) is 5.82 Å². The second-order valence-corrected chi connectivity index (χ2v) is 6.95. The molecule has 0 spiro atoms. The van der Waals surface area contributed by atoms with Crippen molar-refractivity contribution in [2.75, 3.05) is 5.32 Å². The molecule has 120 valence electrons. The van der Waals surface area contributed by atoms with Crippen LogP contribution in [-0.4, -0.2) is 31.5 Å². The van der Waals surface area contributed by atoms with Gasteiger partial charge in [0.2, 0.25) is 0 Å². The van der Waals surface area contributed by atoms with E-state index >= 15 is 0 Å². The fourth-order valence-corrected chi connectivity index (χ4v) is 4.13. The summed E-state index contributed by atoms with van der Waals surface area (Å²) in [6.07, 6.45) is 2.71. The third-order valence-electron chi connectivity index (χ3n) is 3.33. The molecule has 3 aromatic heterocycles. The van der Waals surface area contributed by atoms with E-state index in [9.17, 15) is 5.11 Å². The minimum atomic E-state index is -0.767. The van der Waals surface area contributed by atoms with Gasteiger partial charge in [0, 0.05) is 25.0 Å². The van der Waals surface area contributed by atoms with Gasteiger partial charge in [0.25, 0.3) is 0 Å². The normalized spacial score (nSPS) is 13.9. The van der Waals surface area contributed by atoms with Crippen LogP contribution < -0.4 is 11.1 Å². The van der Waals surface area contributed by atoms with Crippen molar-refractivity contribution >= 4 is 43.3 Å². The van der Waals surface area contributed by atoms with Crippen LogP contribution in [0.25, 0.3) is 10.2 Å². The molecule has 3 heterocycles. The molecule has 0 saturated heterocycles.